The molecule has 0 aliphatic carbocycles. The van der Waals surface area contributed by atoms with Gasteiger partial charge in [0.25, 0.3) is 0 Å². The average molecular weight is 408 g/mol. The van der Waals surface area contributed by atoms with E-state index in [9.17, 15) is 0 Å². The number of nitrogens with zero attached hydrogens (tertiary/aromatic N) is 2. The van der Waals surface area contributed by atoms with Gasteiger partial charge >= 0.3 is 7.12 Å². The van der Waals surface area contributed by atoms with Gasteiger partial charge in [0.2, 0.25) is 0 Å². The number of halogens is 2. The summed E-state index contributed by atoms with van der Waals surface area (Å²) in [6.45, 7) is 8.57. The van der Waals surface area contributed by atoms with Crippen molar-refractivity contribution in [3.63, 3.8) is 0 Å². The van der Waals surface area contributed by atoms with Crippen LogP contribution in [0.25, 0.3) is 11.1 Å². The molecule has 0 N–H and O–H groups in total. The Morgan fingerprint density at radius 3 is 2.24 bits per heavy atom. The quantitative estimate of drug-likeness (QED) is 0.660. The molecule has 0 amide bonds. The fourth-order valence-electron chi connectivity index (χ4n) is 3.22. The highest BCUT2D eigenvalue weighted by Gasteiger charge is 2.52. The Bertz CT molecular complexity index is 870. The zero-order valence-corrected chi connectivity index (χ0v) is 17.7. The lowest BCUT2D eigenvalue weighted by Crippen LogP contribution is -2.41. The zero-order chi connectivity index (χ0) is 21.4. The summed E-state index contributed by atoms with van der Waals surface area (Å²) in [6, 6.07) is 3.02. The number of ether oxygens (including phenoxy) is 2. The first kappa shape index (κ1) is 21.9. The molecule has 158 valence electrons. The molecule has 2 heterocycles. The minimum absolute atomic E-state index is 0.0324. The smallest absolute Gasteiger partial charge is 0.399 e. The molecule has 1 saturated heterocycles. The first-order valence-corrected chi connectivity index (χ1v) is 9.49. The summed E-state index contributed by atoms with van der Waals surface area (Å²) >= 11 is 0. The Morgan fingerprint density at radius 2 is 1.66 bits per heavy atom. The maximum atomic E-state index is 15.1. The van der Waals surface area contributed by atoms with Gasteiger partial charge in [0.15, 0.2) is 11.6 Å². The highest BCUT2D eigenvalue weighted by atomic mass is 19.2. The Hall–Kier alpha value is -1.81. The Morgan fingerprint density at radius 1 is 1.00 bits per heavy atom. The molecule has 9 heteroatoms. The minimum atomic E-state index is -0.992. The number of benzene rings is 1. The van der Waals surface area contributed by atoms with Crippen molar-refractivity contribution >= 4 is 12.6 Å². The molecule has 3 rings (SSSR count). The van der Waals surface area contributed by atoms with Crippen molar-refractivity contribution in [1.82, 2.24) is 9.78 Å². The maximum Gasteiger partial charge on any atom is 0.497 e. The Balaban J connectivity index is 1.98. The molecule has 1 fully saturated rings. The van der Waals surface area contributed by atoms with E-state index in [1.165, 1.54) is 25.4 Å². The molecular formula is C20H27BF2N2O4. The van der Waals surface area contributed by atoms with E-state index in [4.69, 9.17) is 18.8 Å². The summed E-state index contributed by atoms with van der Waals surface area (Å²) in [5.74, 6) is -1.96. The summed E-state index contributed by atoms with van der Waals surface area (Å²) in [5.41, 5.74) is -0.0321. The zero-order valence-electron chi connectivity index (χ0n) is 17.7. The van der Waals surface area contributed by atoms with Crippen LogP contribution >= 0.6 is 0 Å². The van der Waals surface area contributed by atoms with Gasteiger partial charge in [-0.05, 0) is 27.7 Å². The molecule has 1 aliphatic rings. The van der Waals surface area contributed by atoms with Gasteiger partial charge in [-0.25, -0.2) is 8.78 Å². The summed E-state index contributed by atoms with van der Waals surface area (Å²) in [6.07, 6.45) is 1.51. The fourth-order valence-corrected chi connectivity index (χ4v) is 3.22. The largest absolute Gasteiger partial charge is 0.497 e. The highest BCUT2D eigenvalue weighted by molar-refractivity contribution is 6.62. The predicted molar refractivity (Wildman–Crippen MR) is 106 cm³/mol. The molecule has 29 heavy (non-hydrogen) atoms. The number of hydrogen-bond acceptors (Lipinski definition) is 5. The Kier molecular flexibility index (Phi) is 6.15. The van der Waals surface area contributed by atoms with Gasteiger partial charge in [0.05, 0.1) is 42.9 Å². The molecule has 0 spiro atoms. The monoisotopic (exact) mass is 408 g/mol. The number of aromatic nitrogens is 2. The van der Waals surface area contributed by atoms with Crippen LogP contribution in [-0.4, -0.2) is 48.9 Å². The highest BCUT2D eigenvalue weighted by Crippen LogP contribution is 2.37. The van der Waals surface area contributed by atoms with Crippen LogP contribution in [0.5, 0.6) is 0 Å². The van der Waals surface area contributed by atoms with Crippen LogP contribution in [-0.2, 0) is 31.9 Å². The van der Waals surface area contributed by atoms with Crippen LogP contribution in [0.1, 0.15) is 33.4 Å². The molecule has 0 saturated carbocycles. The second-order valence-electron chi connectivity index (χ2n) is 8.07. The molecule has 0 unspecified atom stereocenters. The van der Waals surface area contributed by atoms with Crippen molar-refractivity contribution in [3.05, 3.63) is 35.7 Å². The van der Waals surface area contributed by atoms with Crippen molar-refractivity contribution in [2.24, 2.45) is 0 Å². The van der Waals surface area contributed by atoms with Crippen molar-refractivity contribution in [2.75, 3.05) is 20.8 Å². The molecule has 6 nitrogen and oxygen atoms in total. The third kappa shape index (κ3) is 3.96. The average Bonchev–Trinajstić information content (AvgIpc) is 3.13. The summed E-state index contributed by atoms with van der Waals surface area (Å²) in [4.78, 5) is 0. The summed E-state index contributed by atoms with van der Waals surface area (Å²) < 4.78 is 53.8. The fraction of sp³-hybridized carbons (Fsp3) is 0.550. The van der Waals surface area contributed by atoms with Gasteiger partial charge in [-0.15, -0.1) is 0 Å². The van der Waals surface area contributed by atoms with Crippen LogP contribution in [0.2, 0.25) is 0 Å². The van der Waals surface area contributed by atoms with Crippen molar-refractivity contribution in [3.8, 4) is 11.1 Å². The van der Waals surface area contributed by atoms with E-state index in [2.05, 4.69) is 5.10 Å². The maximum absolute atomic E-state index is 15.1. The van der Waals surface area contributed by atoms with Crippen LogP contribution in [0.3, 0.4) is 0 Å². The van der Waals surface area contributed by atoms with Crippen LogP contribution in [0, 0.1) is 11.6 Å². The molecule has 0 radical (unpaired) electrons. The SMILES string of the molecule is COCCn1ncc(-c2ccc(B3OC(C)(C)C(C)(C)O3)c(F)c2F)c1COC. The normalized spacial score (nSPS) is 17.9. The van der Waals surface area contributed by atoms with Crippen LogP contribution < -0.4 is 5.46 Å². The van der Waals surface area contributed by atoms with Crippen molar-refractivity contribution < 1.29 is 27.6 Å². The van der Waals surface area contributed by atoms with E-state index in [0.717, 1.165) is 0 Å². The van der Waals surface area contributed by atoms with Gasteiger partial charge < -0.3 is 18.8 Å². The van der Waals surface area contributed by atoms with Gasteiger partial charge in [-0.2, -0.15) is 5.10 Å². The summed E-state index contributed by atoms with van der Waals surface area (Å²) in [5, 5.41) is 4.28. The standard InChI is InChI=1S/C20H27BF2N2O4/c1-19(2)20(3,4)29-21(28-19)15-8-7-13(17(22)18(15)23)14-11-24-25(9-10-26-5)16(14)12-27-6/h7-8,11H,9-10,12H2,1-6H3. The van der Waals surface area contributed by atoms with E-state index in [1.54, 1.807) is 11.8 Å². The van der Waals surface area contributed by atoms with Crippen LogP contribution in [0.4, 0.5) is 8.78 Å². The van der Waals surface area contributed by atoms with Crippen LogP contribution in [0.15, 0.2) is 18.3 Å². The first-order chi connectivity index (χ1) is 13.6. The topological polar surface area (TPSA) is 54.7 Å². The third-order valence-corrected chi connectivity index (χ3v) is 5.65. The number of rotatable bonds is 7. The molecular weight excluding hydrogens is 381 g/mol. The molecule has 2 aromatic rings. The predicted octanol–water partition coefficient (Wildman–Crippen LogP) is 2.92. The van der Waals surface area contributed by atoms with Gasteiger partial charge in [0.1, 0.15) is 0 Å². The third-order valence-electron chi connectivity index (χ3n) is 5.65. The Labute approximate surface area is 170 Å². The number of hydrogen-bond donors (Lipinski definition) is 0. The van der Waals surface area contributed by atoms with E-state index in [1.807, 2.05) is 27.7 Å². The van der Waals surface area contributed by atoms with E-state index in [-0.39, 0.29) is 17.6 Å². The molecule has 1 aromatic heterocycles. The van der Waals surface area contributed by atoms with Crippen molar-refractivity contribution in [1.29, 1.82) is 0 Å². The second kappa shape index (κ2) is 8.14. The molecule has 0 atom stereocenters. The van der Waals surface area contributed by atoms with E-state index in [0.29, 0.717) is 24.4 Å². The summed E-state index contributed by atoms with van der Waals surface area (Å²) in [7, 11) is 2.14. The van der Waals surface area contributed by atoms with Gasteiger partial charge in [-0.1, -0.05) is 12.1 Å². The number of methoxy groups -OCH3 is 2. The lowest BCUT2D eigenvalue weighted by atomic mass is 9.78. The minimum Gasteiger partial charge on any atom is -0.399 e. The lowest BCUT2D eigenvalue weighted by Gasteiger charge is -2.32. The molecule has 1 aliphatic heterocycles. The van der Waals surface area contributed by atoms with Crippen molar-refractivity contribution in [2.45, 2.75) is 52.0 Å². The molecule has 0 bridgehead atoms. The van der Waals surface area contributed by atoms with E-state index < -0.39 is 30.0 Å². The first-order valence-electron chi connectivity index (χ1n) is 9.49. The lowest BCUT2D eigenvalue weighted by molar-refractivity contribution is 0.00578. The van der Waals surface area contributed by atoms with Gasteiger partial charge in [0, 0.05) is 30.8 Å². The molecule has 1 aromatic carbocycles. The second-order valence-corrected chi connectivity index (χ2v) is 8.07. The van der Waals surface area contributed by atoms with E-state index >= 15 is 8.78 Å². The van der Waals surface area contributed by atoms with Gasteiger partial charge in [-0.3, -0.25) is 4.68 Å².